The molecule has 122 valence electrons. The second-order valence-electron chi connectivity index (χ2n) is 5.00. The van der Waals surface area contributed by atoms with Gasteiger partial charge in [0.1, 0.15) is 11.0 Å². The van der Waals surface area contributed by atoms with E-state index in [1.54, 1.807) is 31.2 Å². The monoisotopic (exact) mass is 327 g/mol. The van der Waals surface area contributed by atoms with E-state index < -0.39 is 16.9 Å². The fraction of sp³-hybridized carbons (Fsp3) is 0.133. The van der Waals surface area contributed by atoms with E-state index in [0.29, 0.717) is 16.7 Å². The van der Waals surface area contributed by atoms with Gasteiger partial charge in [0.15, 0.2) is 0 Å². The number of para-hydroxylation sites is 1. The third kappa shape index (κ3) is 3.14. The summed E-state index contributed by atoms with van der Waals surface area (Å²) < 4.78 is 0. The summed E-state index contributed by atoms with van der Waals surface area (Å²) in [7, 11) is 0. The lowest BCUT2D eigenvalue weighted by Gasteiger charge is -2.13. The maximum atomic E-state index is 12.2. The van der Waals surface area contributed by atoms with Gasteiger partial charge in [-0.25, -0.2) is 0 Å². The quantitative estimate of drug-likeness (QED) is 0.565. The van der Waals surface area contributed by atoms with E-state index >= 15 is 0 Å². The predicted octanol–water partition coefficient (Wildman–Crippen LogP) is 1.80. The fourth-order valence-electron chi connectivity index (χ4n) is 2.06. The number of nitro groups is 1. The van der Waals surface area contributed by atoms with E-state index in [4.69, 9.17) is 4.84 Å². The fourth-order valence-corrected chi connectivity index (χ4v) is 2.06. The molecule has 0 fully saturated rings. The van der Waals surface area contributed by atoms with Gasteiger partial charge in [-0.15, -0.1) is 5.10 Å². The van der Waals surface area contributed by atoms with Crippen LogP contribution in [0.25, 0.3) is 11.0 Å². The van der Waals surface area contributed by atoms with Gasteiger partial charge >= 0.3 is 0 Å². The number of hydrogen-bond acceptors (Lipinski definition) is 6. The molecule has 1 N–H and O–H groups in total. The maximum absolute atomic E-state index is 12.2. The van der Waals surface area contributed by atoms with Crippen molar-refractivity contribution in [3.63, 3.8) is 0 Å². The highest BCUT2D eigenvalue weighted by Gasteiger charge is 2.18. The van der Waals surface area contributed by atoms with Gasteiger partial charge < -0.3 is 10.2 Å². The Morgan fingerprint density at radius 3 is 2.88 bits per heavy atom. The average Bonchev–Trinajstić information content (AvgIpc) is 2.98. The zero-order chi connectivity index (χ0) is 17.1. The molecule has 0 aliphatic heterocycles. The van der Waals surface area contributed by atoms with Crippen LogP contribution in [0.5, 0.6) is 0 Å². The summed E-state index contributed by atoms with van der Waals surface area (Å²) in [5.74, 6) is -0.463. The Morgan fingerprint density at radius 1 is 1.29 bits per heavy atom. The molecule has 0 saturated heterocycles. The van der Waals surface area contributed by atoms with Crippen molar-refractivity contribution in [3.05, 3.63) is 58.6 Å². The van der Waals surface area contributed by atoms with Crippen LogP contribution in [-0.4, -0.2) is 32.1 Å². The number of nitro benzene ring substituents is 1. The van der Waals surface area contributed by atoms with Crippen molar-refractivity contribution in [1.82, 2.24) is 15.2 Å². The standard InChI is InChI=1S/C15H13N5O4/c1-10(24-19-14-8-3-2-7-13(14)17-18-19)15(21)16-11-5-4-6-12(9-11)20(22)23/h2-10H,1H3,(H,16,21)/t10-/m0/s1. The molecule has 1 aromatic heterocycles. The molecule has 3 aromatic rings. The number of nitrogens with one attached hydrogen (secondary N) is 1. The van der Waals surface area contributed by atoms with Crippen LogP contribution in [0.1, 0.15) is 6.92 Å². The first kappa shape index (κ1) is 15.4. The van der Waals surface area contributed by atoms with Crippen molar-refractivity contribution in [2.75, 3.05) is 5.32 Å². The van der Waals surface area contributed by atoms with Gasteiger partial charge in [0.2, 0.25) is 6.10 Å². The molecular weight excluding hydrogens is 314 g/mol. The maximum Gasteiger partial charge on any atom is 0.271 e. The molecule has 0 spiro atoms. The molecule has 0 unspecified atom stereocenters. The number of benzene rings is 2. The molecule has 0 aliphatic rings. The number of non-ortho nitro benzene ring substituents is 1. The molecule has 0 bridgehead atoms. The van der Waals surface area contributed by atoms with Gasteiger partial charge in [-0.3, -0.25) is 14.9 Å². The second-order valence-corrected chi connectivity index (χ2v) is 5.00. The Hall–Kier alpha value is -3.49. The van der Waals surface area contributed by atoms with E-state index in [9.17, 15) is 14.9 Å². The number of fused-ring (bicyclic) bond motifs is 1. The summed E-state index contributed by atoms with van der Waals surface area (Å²) in [6.07, 6.45) is -0.880. The predicted molar refractivity (Wildman–Crippen MR) is 85.3 cm³/mol. The number of carbonyl (C=O) groups is 1. The molecule has 3 rings (SSSR count). The zero-order valence-electron chi connectivity index (χ0n) is 12.6. The van der Waals surface area contributed by atoms with Crippen molar-refractivity contribution in [2.24, 2.45) is 0 Å². The molecule has 1 heterocycles. The van der Waals surface area contributed by atoms with E-state index in [0.717, 1.165) is 0 Å². The van der Waals surface area contributed by atoms with Gasteiger partial charge in [0, 0.05) is 17.8 Å². The number of rotatable bonds is 5. The highest BCUT2D eigenvalue weighted by Crippen LogP contribution is 2.17. The van der Waals surface area contributed by atoms with E-state index in [1.807, 2.05) is 6.07 Å². The number of anilines is 1. The molecule has 9 nitrogen and oxygen atoms in total. The third-order valence-corrected chi connectivity index (χ3v) is 3.27. The largest absolute Gasteiger partial charge is 0.382 e. The van der Waals surface area contributed by atoms with Gasteiger partial charge in [-0.2, -0.15) is 0 Å². The molecule has 0 radical (unpaired) electrons. The number of amides is 1. The molecule has 24 heavy (non-hydrogen) atoms. The Morgan fingerprint density at radius 2 is 2.08 bits per heavy atom. The molecule has 0 saturated carbocycles. The minimum atomic E-state index is -0.880. The Labute approximate surface area is 135 Å². The van der Waals surface area contributed by atoms with Crippen LogP contribution in [0.15, 0.2) is 48.5 Å². The molecule has 0 aliphatic carbocycles. The van der Waals surface area contributed by atoms with E-state index in [-0.39, 0.29) is 5.69 Å². The van der Waals surface area contributed by atoms with Crippen LogP contribution < -0.4 is 10.2 Å². The summed E-state index contributed by atoms with van der Waals surface area (Å²) in [5, 5.41) is 21.1. The average molecular weight is 327 g/mol. The van der Waals surface area contributed by atoms with Gasteiger partial charge in [0.25, 0.3) is 11.6 Å². The van der Waals surface area contributed by atoms with Crippen molar-refractivity contribution < 1.29 is 14.6 Å². The Kier molecular flexibility index (Phi) is 4.06. The normalized spacial score (nSPS) is 11.9. The lowest BCUT2D eigenvalue weighted by Crippen LogP contribution is -2.35. The summed E-state index contributed by atoms with van der Waals surface area (Å²) in [5.41, 5.74) is 1.48. The van der Waals surface area contributed by atoms with Crippen LogP contribution in [0.2, 0.25) is 0 Å². The Balaban J connectivity index is 1.71. The smallest absolute Gasteiger partial charge is 0.271 e. The molecule has 2 aromatic carbocycles. The minimum absolute atomic E-state index is 0.108. The summed E-state index contributed by atoms with van der Waals surface area (Å²) >= 11 is 0. The van der Waals surface area contributed by atoms with Gasteiger partial charge in [0.05, 0.1) is 4.92 Å². The first-order chi connectivity index (χ1) is 11.5. The summed E-state index contributed by atoms with van der Waals surface area (Å²) in [6, 6.07) is 12.8. The van der Waals surface area contributed by atoms with Crippen molar-refractivity contribution in [3.8, 4) is 0 Å². The topological polar surface area (TPSA) is 112 Å². The van der Waals surface area contributed by atoms with Crippen LogP contribution >= 0.6 is 0 Å². The molecular formula is C15H13N5O4. The first-order valence-corrected chi connectivity index (χ1v) is 7.07. The number of hydrogen-bond donors (Lipinski definition) is 1. The van der Waals surface area contributed by atoms with Gasteiger partial charge in [-0.1, -0.05) is 23.0 Å². The number of carbonyl (C=O) groups excluding carboxylic acids is 1. The minimum Gasteiger partial charge on any atom is -0.382 e. The highest BCUT2D eigenvalue weighted by molar-refractivity contribution is 5.94. The van der Waals surface area contributed by atoms with Crippen molar-refractivity contribution in [2.45, 2.75) is 13.0 Å². The lowest BCUT2D eigenvalue weighted by molar-refractivity contribution is -0.384. The van der Waals surface area contributed by atoms with Crippen LogP contribution in [0.3, 0.4) is 0 Å². The molecule has 1 amide bonds. The summed E-state index contributed by atoms with van der Waals surface area (Å²) in [4.78, 5) is 29.1. The second kappa shape index (κ2) is 6.32. The Bertz CT molecular complexity index is 908. The summed E-state index contributed by atoms with van der Waals surface area (Å²) in [6.45, 7) is 1.54. The van der Waals surface area contributed by atoms with Crippen LogP contribution in [0, 0.1) is 10.1 Å². The van der Waals surface area contributed by atoms with Crippen molar-refractivity contribution >= 4 is 28.3 Å². The van der Waals surface area contributed by atoms with Crippen LogP contribution in [0.4, 0.5) is 11.4 Å². The van der Waals surface area contributed by atoms with Gasteiger partial charge in [-0.05, 0) is 30.3 Å². The molecule has 1 atom stereocenters. The number of nitrogens with zero attached hydrogens (tertiary/aromatic N) is 4. The van der Waals surface area contributed by atoms with E-state index in [1.165, 1.54) is 23.0 Å². The lowest BCUT2D eigenvalue weighted by atomic mass is 10.2. The molecule has 9 heteroatoms. The van der Waals surface area contributed by atoms with Crippen LogP contribution in [-0.2, 0) is 4.79 Å². The first-order valence-electron chi connectivity index (χ1n) is 7.07. The SMILES string of the molecule is C[C@H](On1nnc2ccccc21)C(=O)Nc1cccc([N+](=O)[O-])c1. The third-order valence-electron chi connectivity index (χ3n) is 3.27. The van der Waals surface area contributed by atoms with E-state index in [2.05, 4.69) is 15.6 Å². The highest BCUT2D eigenvalue weighted by atomic mass is 16.7. The zero-order valence-corrected chi connectivity index (χ0v) is 12.6. The number of aromatic nitrogens is 3. The van der Waals surface area contributed by atoms with Crippen molar-refractivity contribution in [1.29, 1.82) is 0 Å².